The van der Waals surface area contributed by atoms with Gasteiger partial charge in [-0.1, -0.05) is 26.1 Å². The summed E-state index contributed by atoms with van der Waals surface area (Å²) in [6.45, 7) is 6.29. The lowest BCUT2D eigenvalue weighted by Gasteiger charge is -2.24. The van der Waals surface area contributed by atoms with E-state index in [2.05, 4.69) is 23.7 Å². The first kappa shape index (κ1) is 12.9. The maximum atomic E-state index is 5.71. The average molecular weight is 237 g/mol. The van der Waals surface area contributed by atoms with E-state index in [-0.39, 0.29) is 0 Å². The Morgan fingerprint density at radius 2 is 2.00 bits per heavy atom. The molecule has 0 aliphatic heterocycles. The van der Waals surface area contributed by atoms with Crippen molar-refractivity contribution in [2.24, 2.45) is 5.73 Å². The zero-order chi connectivity index (χ0) is 12.0. The van der Waals surface area contributed by atoms with Crippen molar-refractivity contribution >= 4 is 23.0 Å². The zero-order valence-corrected chi connectivity index (χ0v) is 10.8. The van der Waals surface area contributed by atoms with E-state index < -0.39 is 0 Å². The molecule has 4 heteroatoms. The number of pyridine rings is 1. The largest absolute Gasteiger partial charge is 0.389 e. The van der Waals surface area contributed by atoms with Crippen LogP contribution in [0.3, 0.4) is 0 Å². The molecule has 0 radical (unpaired) electrons. The zero-order valence-electron chi connectivity index (χ0n) is 9.94. The third-order valence-electron chi connectivity index (χ3n) is 2.34. The highest BCUT2D eigenvalue weighted by molar-refractivity contribution is 7.80. The quantitative estimate of drug-likeness (QED) is 0.771. The van der Waals surface area contributed by atoms with Crippen LogP contribution in [0.1, 0.15) is 32.3 Å². The van der Waals surface area contributed by atoms with Crippen LogP contribution in [-0.2, 0) is 0 Å². The topological polar surface area (TPSA) is 42.2 Å². The van der Waals surface area contributed by atoms with E-state index in [0.29, 0.717) is 4.99 Å². The van der Waals surface area contributed by atoms with Crippen molar-refractivity contribution in [3.05, 3.63) is 23.9 Å². The molecular formula is C12H19N3S. The molecular weight excluding hydrogens is 218 g/mol. The molecule has 0 saturated carbocycles. The second-order valence-electron chi connectivity index (χ2n) is 3.73. The van der Waals surface area contributed by atoms with Crippen LogP contribution in [0.15, 0.2) is 18.3 Å². The predicted molar refractivity (Wildman–Crippen MR) is 72.9 cm³/mol. The normalized spacial score (nSPS) is 10.1. The van der Waals surface area contributed by atoms with Crippen molar-refractivity contribution in [3.8, 4) is 0 Å². The number of nitrogens with zero attached hydrogens (tertiary/aromatic N) is 2. The second kappa shape index (κ2) is 6.43. The predicted octanol–water partition coefficient (Wildman–Crippen LogP) is 2.34. The summed E-state index contributed by atoms with van der Waals surface area (Å²) in [5.41, 5.74) is 6.58. The molecule has 0 fully saturated rings. The number of rotatable bonds is 6. The molecule has 0 amide bonds. The van der Waals surface area contributed by atoms with Crippen LogP contribution in [0, 0.1) is 0 Å². The number of hydrogen-bond donors (Lipinski definition) is 1. The van der Waals surface area contributed by atoms with Crippen LogP contribution in [0.25, 0.3) is 0 Å². The van der Waals surface area contributed by atoms with Crippen molar-refractivity contribution < 1.29 is 0 Å². The molecule has 0 saturated heterocycles. The molecule has 0 atom stereocenters. The molecule has 0 bridgehead atoms. The maximum absolute atomic E-state index is 5.71. The van der Waals surface area contributed by atoms with Gasteiger partial charge in [-0.3, -0.25) is 0 Å². The van der Waals surface area contributed by atoms with Crippen molar-refractivity contribution in [2.75, 3.05) is 18.0 Å². The maximum Gasteiger partial charge on any atom is 0.138 e. The average Bonchev–Trinajstić information content (AvgIpc) is 2.29. The SMILES string of the molecule is CCCN(CCC)c1ncccc1C(N)=S. The van der Waals surface area contributed by atoms with Crippen LogP contribution < -0.4 is 10.6 Å². The molecule has 88 valence electrons. The summed E-state index contributed by atoms with van der Waals surface area (Å²) in [6.07, 6.45) is 3.97. The summed E-state index contributed by atoms with van der Waals surface area (Å²) in [7, 11) is 0. The highest BCUT2D eigenvalue weighted by Gasteiger charge is 2.12. The van der Waals surface area contributed by atoms with Gasteiger partial charge in [0.05, 0.1) is 5.56 Å². The highest BCUT2D eigenvalue weighted by atomic mass is 32.1. The molecule has 0 spiro atoms. The fourth-order valence-corrected chi connectivity index (χ4v) is 1.86. The summed E-state index contributed by atoms with van der Waals surface area (Å²) in [5, 5.41) is 0. The van der Waals surface area contributed by atoms with Crippen molar-refractivity contribution in [1.29, 1.82) is 0 Å². The minimum atomic E-state index is 0.417. The summed E-state index contributed by atoms with van der Waals surface area (Å²) in [4.78, 5) is 7.06. The van der Waals surface area contributed by atoms with E-state index in [1.807, 2.05) is 12.1 Å². The van der Waals surface area contributed by atoms with E-state index in [0.717, 1.165) is 37.3 Å². The molecule has 2 N–H and O–H groups in total. The van der Waals surface area contributed by atoms with Crippen LogP contribution in [0.2, 0.25) is 0 Å². The Kier molecular flexibility index (Phi) is 5.19. The van der Waals surface area contributed by atoms with Gasteiger partial charge >= 0.3 is 0 Å². The van der Waals surface area contributed by atoms with Gasteiger partial charge < -0.3 is 10.6 Å². The molecule has 0 aliphatic rings. The lowest BCUT2D eigenvalue weighted by molar-refractivity contribution is 0.733. The lowest BCUT2D eigenvalue weighted by Crippen LogP contribution is -2.28. The molecule has 16 heavy (non-hydrogen) atoms. The molecule has 0 aliphatic carbocycles. The van der Waals surface area contributed by atoms with E-state index in [9.17, 15) is 0 Å². The molecule has 1 aromatic heterocycles. The van der Waals surface area contributed by atoms with Crippen LogP contribution >= 0.6 is 12.2 Å². The van der Waals surface area contributed by atoms with E-state index in [1.54, 1.807) is 6.20 Å². The summed E-state index contributed by atoms with van der Waals surface area (Å²) in [6, 6.07) is 3.80. The van der Waals surface area contributed by atoms with Crippen molar-refractivity contribution in [1.82, 2.24) is 4.98 Å². The van der Waals surface area contributed by atoms with Crippen molar-refractivity contribution in [3.63, 3.8) is 0 Å². The Morgan fingerprint density at radius 1 is 1.38 bits per heavy atom. The van der Waals surface area contributed by atoms with Crippen LogP contribution in [0.4, 0.5) is 5.82 Å². The van der Waals surface area contributed by atoms with Gasteiger partial charge in [-0.25, -0.2) is 4.98 Å². The molecule has 3 nitrogen and oxygen atoms in total. The Balaban J connectivity index is 3.02. The Labute approximate surface area is 103 Å². The number of aromatic nitrogens is 1. The third-order valence-corrected chi connectivity index (χ3v) is 2.56. The minimum absolute atomic E-state index is 0.417. The van der Waals surface area contributed by atoms with E-state index in [4.69, 9.17) is 18.0 Å². The van der Waals surface area contributed by atoms with Gasteiger partial charge in [-0.05, 0) is 25.0 Å². The Bertz CT molecular complexity index is 346. The van der Waals surface area contributed by atoms with Gasteiger partial charge in [0.25, 0.3) is 0 Å². The van der Waals surface area contributed by atoms with Crippen LogP contribution in [0.5, 0.6) is 0 Å². The minimum Gasteiger partial charge on any atom is -0.389 e. The van der Waals surface area contributed by atoms with E-state index in [1.165, 1.54) is 0 Å². The van der Waals surface area contributed by atoms with Gasteiger partial charge in [0.2, 0.25) is 0 Å². The summed E-state index contributed by atoms with van der Waals surface area (Å²) >= 11 is 5.05. The van der Waals surface area contributed by atoms with Crippen LogP contribution in [-0.4, -0.2) is 23.1 Å². The fourth-order valence-electron chi connectivity index (χ4n) is 1.70. The monoisotopic (exact) mass is 237 g/mol. The first-order chi connectivity index (χ1) is 7.70. The van der Waals surface area contributed by atoms with Gasteiger partial charge in [0.15, 0.2) is 0 Å². The highest BCUT2D eigenvalue weighted by Crippen LogP contribution is 2.17. The summed E-state index contributed by atoms with van der Waals surface area (Å²) in [5.74, 6) is 0.915. The molecule has 1 rings (SSSR count). The first-order valence-electron chi connectivity index (χ1n) is 5.70. The second-order valence-corrected chi connectivity index (χ2v) is 4.17. The molecule has 0 unspecified atom stereocenters. The van der Waals surface area contributed by atoms with Gasteiger partial charge in [0.1, 0.15) is 10.8 Å². The van der Waals surface area contributed by atoms with Gasteiger partial charge in [0, 0.05) is 19.3 Å². The summed E-state index contributed by atoms with van der Waals surface area (Å²) < 4.78 is 0. The molecule has 1 aromatic rings. The molecule has 0 aromatic carbocycles. The van der Waals surface area contributed by atoms with Gasteiger partial charge in [-0.15, -0.1) is 0 Å². The Hall–Kier alpha value is -1.16. The third kappa shape index (κ3) is 3.17. The standard InChI is InChI=1S/C12H19N3S/c1-3-8-15(9-4-2)12-10(11(13)16)6-5-7-14-12/h5-7H,3-4,8-9H2,1-2H3,(H2,13,16). The first-order valence-corrected chi connectivity index (χ1v) is 6.11. The Morgan fingerprint density at radius 3 is 2.50 bits per heavy atom. The number of thiocarbonyl (C=S) groups is 1. The van der Waals surface area contributed by atoms with Crippen molar-refractivity contribution in [2.45, 2.75) is 26.7 Å². The number of hydrogen-bond acceptors (Lipinski definition) is 3. The van der Waals surface area contributed by atoms with E-state index >= 15 is 0 Å². The molecule has 1 heterocycles. The number of nitrogens with two attached hydrogens (primary N) is 1. The lowest BCUT2D eigenvalue weighted by atomic mass is 10.2. The van der Waals surface area contributed by atoms with Gasteiger partial charge in [-0.2, -0.15) is 0 Å². The fraction of sp³-hybridized carbons (Fsp3) is 0.500. The smallest absolute Gasteiger partial charge is 0.138 e. The number of anilines is 1.